The fraction of sp³-hybridized carbons (Fsp3) is 0.467. The van der Waals surface area contributed by atoms with Gasteiger partial charge in [0.15, 0.2) is 0 Å². The van der Waals surface area contributed by atoms with E-state index in [0.29, 0.717) is 10.8 Å². The third-order valence-corrected chi connectivity index (χ3v) is 4.10. The van der Waals surface area contributed by atoms with E-state index in [0.717, 1.165) is 4.90 Å². The maximum atomic E-state index is 11.8. The number of carbonyl (C=O) groups excluding carboxylic acids is 1. The predicted octanol–water partition coefficient (Wildman–Crippen LogP) is 3.44. The van der Waals surface area contributed by atoms with E-state index >= 15 is 0 Å². The highest BCUT2D eigenvalue weighted by atomic mass is 35.5. The van der Waals surface area contributed by atoms with Crippen LogP contribution in [0.25, 0.3) is 0 Å². The number of aliphatic carboxylic acids is 1. The molecule has 116 valence electrons. The smallest absolute Gasteiger partial charge is 0.326 e. The van der Waals surface area contributed by atoms with Gasteiger partial charge in [0.1, 0.15) is 6.04 Å². The standard InChI is InChI=1S/C15H20ClNO3S/c1-15(2,3)13(14(19)20)17-12(18)8-9-21-11-6-4-10(16)5-7-11/h4-7,13H,8-9H2,1-3H3,(H,17,18)(H,19,20)/t13-/m0/s1. The Morgan fingerprint density at radius 3 is 2.33 bits per heavy atom. The van der Waals surface area contributed by atoms with Gasteiger partial charge in [-0.1, -0.05) is 32.4 Å². The Labute approximate surface area is 134 Å². The molecule has 1 rings (SSSR count). The first-order valence-corrected chi connectivity index (χ1v) is 7.97. The monoisotopic (exact) mass is 329 g/mol. The number of carbonyl (C=O) groups is 2. The van der Waals surface area contributed by atoms with Gasteiger partial charge in [-0.15, -0.1) is 11.8 Å². The summed E-state index contributed by atoms with van der Waals surface area (Å²) >= 11 is 7.33. The summed E-state index contributed by atoms with van der Waals surface area (Å²) < 4.78 is 0. The molecule has 0 fully saturated rings. The summed E-state index contributed by atoms with van der Waals surface area (Å²) in [6.45, 7) is 5.36. The van der Waals surface area contributed by atoms with Crippen LogP contribution in [0.2, 0.25) is 5.02 Å². The summed E-state index contributed by atoms with van der Waals surface area (Å²) in [5.41, 5.74) is -0.523. The summed E-state index contributed by atoms with van der Waals surface area (Å²) in [7, 11) is 0. The zero-order valence-corrected chi connectivity index (χ0v) is 13.9. The van der Waals surface area contributed by atoms with E-state index in [-0.39, 0.29) is 12.3 Å². The fourth-order valence-electron chi connectivity index (χ4n) is 1.67. The van der Waals surface area contributed by atoms with Crippen LogP contribution < -0.4 is 5.32 Å². The van der Waals surface area contributed by atoms with Gasteiger partial charge in [0.05, 0.1) is 0 Å². The van der Waals surface area contributed by atoms with E-state index in [9.17, 15) is 9.59 Å². The molecule has 0 saturated heterocycles. The molecular formula is C15H20ClNO3S. The molecular weight excluding hydrogens is 310 g/mol. The normalized spacial score (nSPS) is 12.8. The minimum Gasteiger partial charge on any atom is -0.480 e. The second-order valence-corrected chi connectivity index (χ2v) is 7.36. The molecule has 0 heterocycles. The van der Waals surface area contributed by atoms with Gasteiger partial charge in [0.25, 0.3) is 0 Å². The molecule has 4 nitrogen and oxygen atoms in total. The average molecular weight is 330 g/mol. The van der Waals surface area contributed by atoms with E-state index in [2.05, 4.69) is 5.32 Å². The first kappa shape index (κ1) is 17.9. The molecule has 0 aromatic heterocycles. The number of halogens is 1. The van der Waals surface area contributed by atoms with Gasteiger partial charge in [-0.05, 0) is 29.7 Å². The SMILES string of the molecule is CC(C)(C)[C@@H](NC(=O)CCSc1ccc(Cl)cc1)C(=O)O. The number of nitrogens with one attached hydrogen (secondary N) is 1. The van der Waals surface area contributed by atoms with Crippen LogP contribution in [0, 0.1) is 5.41 Å². The highest BCUT2D eigenvalue weighted by Crippen LogP contribution is 2.22. The van der Waals surface area contributed by atoms with Crippen molar-refractivity contribution in [3.05, 3.63) is 29.3 Å². The fourth-order valence-corrected chi connectivity index (χ4v) is 2.65. The van der Waals surface area contributed by atoms with E-state index in [1.807, 2.05) is 12.1 Å². The summed E-state index contributed by atoms with van der Waals surface area (Å²) in [6, 6.07) is 6.49. The van der Waals surface area contributed by atoms with Gasteiger partial charge in [0, 0.05) is 22.1 Å². The lowest BCUT2D eigenvalue weighted by Crippen LogP contribution is -2.49. The maximum Gasteiger partial charge on any atom is 0.326 e. The minimum absolute atomic E-state index is 0.251. The Hall–Kier alpha value is -1.20. The number of rotatable bonds is 6. The molecule has 1 aromatic carbocycles. The molecule has 0 aliphatic rings. The number of thioether (sulfide) groups is 1. The van der Waals surface area contributed by atoms with Crippen molar-refractivity contribution in [1.82, 2.24) is 5.32 Å². The lowest BCUT2D eigenvalue weighted by Gasteiger charge is -2.27. The molecule has 1 aromatic rings. The number of hydrogen-bond acceptors (Lipinski definition) is 3. The summed E-state index contributed by atoms with van der Waals surface area (Å²) in [5.74, 6) is -0.677. The van der Waals surface area contributed by atoms with Crippen molar-refractivity contribution in [2.24, 2.45) is 5.41 Å². The molecule has 0 bridgehead atoms. The van der Waals surface area contributed by atoms with Crippen molar-refractivity contribution in [1.29, 1.82) is 0 Å². The summed E-state index contributed by atoms with van der Waals surface area (Å²) in [5, 5.41) is 12.4. The van der Waals surface area contributed by atoms with Crippen LogP contribution in [0.5, 0.6) is 0 Å². The lowest BCUT2D eigenvalue weighted by atomic mass is 9.87. The van der Waals surface area contributed by atoms with Crippen molar-refractivity contribution in [3.8, 4) is 0 Å². The van der Waals surface area contributed by atoms with Crippen molar-refractivity contribution in [2.75, 3.05) is 5.75 Å². The molecule has 1 atom stereocenters. The third-order valence-electron chi connectivity index (χ3n) is 2.83. The highest BCUT2D eigenvalue weighted by Gasteiger charge is 2.32. The zero-order chi connectivity index (χ0) is 16.0. The van der Waals surface area contributed by atoms with Gasteiger partial charge in [-0.25, -0.2) is 4.79 Å². The molecule has 0 saturated carbocycles. The molecule has 0 unspecified atom stereocenters. The average Bonchev–Trinajstić information content (AvgIpc) is 2.36. The molecule has 6 heteroatoms. The zero-order valence-electron chi connectivity index (χ0n) is 12.4. The Kier molecular flexibility index (Phi) is 6.55. The molecule has 1 amide bonds. The molecule has 0 aliphatic carbocycles. The van der Waals surface area contributed by atoms with Gasteiger partial charge >= 0.3 is 5.97 Å². The predicted molar refractivity (Wildman–Crippen MR) is 85.8 cm³/mol. The van der Waals surface area contributed by atoms with E-state index in [1.165, 1.54) is 11.8 Å². The first-order chi connectivity index (χ1) is 9.70. The van der Waals surface area contributed by atoms with Gasteiger partial charge < -0.3 is 10.4 Å². The summed E-state index contributed by atoms with van der Waals surface area (Å²) in [4.78, 5) is 24.0. The van der Waals surface area contributed by atoms with Crippen LogP contribution in [0.1, 0.15) is 27.2 Å². The van der Waals surface area contributed by atoms with Crippen molar-refractivity contribution < 1.29 is 14.7 Å². The van der Waals surface area contributed by atoms with Crippen molar-refractivity contribution >= 4 is 35.2 Å². The largest absolute Gasteiger partial charge is 0.480 e. The first-order valence-electron chi connectivity index (χ1n) is 6.60. The Balaban J connectivity index is 2.43. The Morgan fingerprint density at radius 2 is 1.86 bits per heavy atom. The van der Waals surface area contributed by atoms with Crippen LogP contribution >= 0.6 is 23.4 Å². The number of benzene rings is 1. The molecule has 0 radical (unpaired) electrons. The van der Waals surface area contributed by atoms with Crippen LogP contribution in [-0.4, -0.2) is 28.8 Å². The van der Waals surface area contributed by atoms with E-state index in [4.69, 9.17) is 16.7 Å². The van der Waals surface area contributed by atoms with Crippen molar-refractivity contribution in [3.63, 3.8) is 0 Å². The second-order valence-electron chi connectivity index (χ2n) is 5.76. The lowest BCUT2D eigenvalue weighted by molar-refractivity contribution is -0.144. The molecule has 21 heavy (non-hydrogen) atoms. The highest BCUT2D eigenvalue weighted by molar-refractivity contribution is 7.99. The van der Waals surface area contributed by atoms with Crippen LogP contribution in [0.4, 0.5) is 0 Å². The third kappa shape index (κ3) is 6.40. The molecule has 2 N–H and O–H groups in total. The molecule has 0 aliphatic heterocycles. The molecule has 0 spiro atoms. The minimum atomic E-state index is -1.01. The Bertz CT molecular complexity index is 497. The number of amides is 1. The number of carboxylic acid groups (broad SMARTS) is 1. The van der Waals surface area contributed by atoms with E-state index in [1.54, 1.807) is 32.9 Å². The topological polar surface area (TPSA) is 66.4 Å². The van der Waals surface area contributed by atoms with Crippen molar-refractivity contribution in [2.45, 2.75) is 38.1 Å². The second kappa shape index (κ2) is 7.71. The van der Waals surface area contributed by atoms with Gasteiger partial charge in [-0.2, -0.15) is 0 Å². The van der Waals surface area contributed by atoms with Gasteiger partial charge in [0.2, 0.25) is 5.91 Å². The van der Waals surface area contributed by atoms with Gasteiger partial charge in [-0.3, -0.25) is 4.79 Å². The van der Waals surface area contributed by atoms with Crippen LogP contribution in [-0.2, 0) is 9.59 Å². The number of carboxylic acids is 1. The quantitative estimate of drug-likeness (QED) is 0.785. The van der Waals surface area contributed by atoms with E-state index < -0.39 is 17.4 Å². The summed E-state index contributed by atoms with van der Waals surface area (Å²) in [6.07, 6.45) is 0.271. The van der Waals surface area contributed by atoms with Crippen LogP contribution in [0.15, 0.2) is 29.2 Å². The van der Waals surface area contributed by atoms with Crippen LogP contribution in [0.3, 0.4) is 0 Å². The Morgan fingerprint density at radius 1 is 1.29 bits per heavy atom. The maximum absolute atomic E-state index is 11.8. The number of hydrogen-bond donors (Lipinski definition) is 2.